The molecule has 0 radical (unpaired) electrons. The number of carbonyl (C=O) groups is 3. The molecule has 0 saturated carbocycles. The number of ether oxygens (including phenoxy) is 3. The normalized spacial score (nSPS) is 18.9. The molecule has 4 rings (SSSR count). The minimum absolute atomic E-state index is 0.0259. The molecule has 8 heteroatoms. The molecule has 2 aromatic rings. The van der Waals surface area contributed by atoms with Gasteiger partial charge in [-0.1, -0.05) is 54.6 Å². The molecule has 2 aliphatic rings. The number of esters is 3. The Morgan fingerprint density at radius 2 is 1.71 bits per heavy atom. The van der Waals surface area contributed by atoms with Crippen molar-refractivity contribution in [2.24, 2.45) is 5.73 Å². The highest BCUT2D eigenvalue weighted by molar-refractivity contribution is 6.16. The van der Waals surface area contributed by atoms with Crippen LogP contribution in [0.5, 0.6) is 0 Å². The third-order valence-electron chi connectivity index (χ3n) is 6.01. The fourth-order valence-corrected chi connectivity index (χ4v) is 4.60. The second kappa shape index (κ2) is 9.50. The number of benzene rings is 2. The lowest BCUT2D eigenvalue weighted by Crippen LogP contribution is -2.50. The Morgan fingerprint density at radius 3 is 2.40 bits per heavy atom. The van der Waals surface area contributed by atoms with Crippen LogP contribution in [0.4, 0.5) is 5.69 Å². The zero-order chi connectivity index (χ0) is 25.2. The van der Waals surface area contributed by atoms with Crippen molar-refractivity contribution in [3.8, 4) is 0 Å². The summed E-state index contributed by atoms with van der Waals surface area (Å²) in [5, 5.41) is 0. The molecule has 35 heavy (non-hydrogen) atoms. The highest BCUT2D eigenvalue weighted by Gasteiger charge is 2.63. The van der Waals surface area contributed by atoms with Gasteiger partial charge in [-0.3, -0.25) is 0 Å². The number of anilines is 1. The molecule has 0 saturated heterocycles. The molecule has 0 unspecified atom stereocenters. The second-order valence-corrected chi connectivity index (χ2v) is 8.03. The van der Waals surface area contributed by atoms with Crippen LogP contribution in [0, 0.1) is 0 Å². The summed E-state index contributed by atoms with van der Waals surface area (Å²) in [4.78, 5) is 42.2. The fraction of sp³-hybridized carbons (Fsp3) is 0.222. The molecule has 1 atom stereocenters. The molecular weight excluding hydrogens is 448 g/mol. The van der Waals surface area contributed by atoms with Gasteiger partial charge >= 0.3 is 17.9 Å². The Balaban J connectivity index is 1.93. The van der Waals surface area contributed by atoms with E-state index in [1.54, 1.807) is 42.2 Å². The molecule has 180 valence electrons. The van der Waals surface area contributed by atoms with Gasteiger partial charge in [0.05, 0.1) is 6.61 Å². The number of fused-ring (bicyclic) bond motifs is 2. The summed E-state index contributed by atoms with van der Waals surface area (Å²) in [5.41, 5.74) is 5.96. The third-order valence-corrected chi connectivity index (χ3v) is 6.01. The van der Waals surface area contributed by atoms with Crippen molar-refractivity contribution in [2.45, 2.75) is 25.9 Å². The van der Waals surface area contributed by atoms with Gasteiger partial charge in [0.15, 0.2) is 5.41 Å². The van der Waals surface area contributed by atoms with Gasteiger partial charge in [0, 0.05) is 17.8 Å². The van der Waals surface area contributed by atoms with E-state index in [2.05, 4.69) is 6.58 Å². The van der Waals surface area contributed by atoms with E-state index < -0.39 is 23.3 Å². The van der Waals surface area contributed by atoms with Crippen molar-refractivity contribution in [1.82, 2.24) is 0 Å². The van der Waals surface area contributed by atoms with E-state index in [4.69, 9.17) is 19.9 Å². The molecule has 2 aromatic carbocycles. The average molecular weight is 475 g/mol. The minimum Gasteiger partial charge on any atom is -0.462 e. The lowest BCUT2D eigenvalue weighted by Gasteiger charge is -2.41. The number of hydrogen-bond donors (Lipinski definition) is 1. The standard InChI is InChI=1S/C27H26N2O6/c1-4-15-29-20-14-10-9-13-19(20)27(22(23(29)28)25(31)33-5-2)21(17(3)35-26(27)32)24(30)34-16-18-11-7-6-8-12-18/h4,6-14H,1,5,15-16,28H2,2-3H3/t27-/m1/s1. The summed E-state index contributed by atoms with van der Waals surface area (Å²) in [6, 6.07) is 16.0. The monoisotopic (exact) mass is 474 g/mol. The maximum absolute atomic E-state index is 13.6. The van der Waals surface area contributed by atoms with Crippen molar-refractivity contribution >= 4 is 23.6 Å². The van der Waals surface area contributed by atoms with Crippen LogP contribution in [-0.2, 0) is 40.6 Å². The minimum atomic E-state index is -1.94. The molecule has 0 aromatic heterocycles. The van der Waals surface area contributed by atoms with E-state index in [0.29, 0.717) is 11.3 Å². The van der Waals surface area contributed by atoms with Crippen LogP contribution in [-0.4, -0.2) is 31.1 Å². The first-order chi connectivity index (χ1) is 16.9. The smallest absolute Gasteiger partial charge is 0.339 e. The molecular formula is C27H26N2O6. The fourth-order valence-electron chi connectivity index (χ4n) is 4.60. The Labute approximate surface area is 203 Å². The molecule has 2 aliphatic heterocycles. The predicted molar refractivity (Wildman–Crippen MR) is 129 cm³/mol. The zero-order valence-corrected chi connectivity index (χ0v) is 19.6. The Kier molecular flexibility index (Phi) is 6.46. The lowest BCUT2D eigenvalue weighted by atomic mass is 9.66. The Hall–Kier alpha value is -4.33. The SMILES string of the molecule is C=CCN1C(N)=C(C(=O)OCC)[C@@]2(C(=O)OC(C)=C2C(=O)OCc2ccccc2)c2ccccc21. The van der Waals surface area contributed by atoms with E-state index in [0.717, 1.165) is 5.56 Å². The summed E-state index contributed by atoms with van der Waals surface area (Å²) in [6.45, 7) is 7.17. The van der Waals surface area contributed by atoms with Crippen LogP contribution in [0.3, 0.4) is 0 Å². The van der Waals surface area contributed by atoms with Crippen LogP contribution < -0.4 is 10.6 Å². The summed E-state index contributed by atoms with van der Waals surface area (Å²) in [7, 11) is 0. The van der Waals surface area contributed by atoms with Crippen molar-refractivity contribution in [3.63, 3.8) is 0 Å². The van der Waals surface area contributed by atoms with Gasteiger partial charge in [0.25, 0.3) is 0 Å². The van der Waals surface area contributed by atoms with Crippen LogP contribution in [0.25, 0.3) is 0 Å². The van der Waals surface area contributed by atoms with E-state index >= 15 is 0 Å². The van der Waals surface area contributed by atoms with E-state index in [9.17, 15) is 14.4 Å². The number of carbonyl (C=O) groups excluding carboxylic acids is 3. The van der Waals surface area contributed by atoms with Crippen LogP contribution in [0.1, 0.15) is 25.0 Å². The zero-order valence-electron chi connectivity index (χ0n) is 19.6. The summed E-state index contributed by atoms with van der Waals surface area (Å²) in [5.74, 6) is -2.43. The van der Waals surface area contributed by atoms with Crippen molar-refractivity contribution in [3.05, 3.63) is 101 Å². The molecule has 1 spiro atoms. The molecule has 0 aliphatic carbocycles. The number of nitrogens with zero attached hydrogens (tertiary/aromatic N) is 1. The topological polar surface area (TPSA) is 108 Å². The summed E-state index contributed by atoms with van der Waals surface area (Å²) < 4.78 is 16.4. The van der Waals surface area contributed by atoms with E-state index in [-0.39, 0.29) is 42.5 Å². The van der Waals surface area contributed by atoms with Crippen LogP contribution in [0.15, 0.2) is 90.0 Å². The van der Waals surface area contributed by atoms with Crippen molar-refractivity contribution in [2.75, 3.05) is 18.1 Å². The van der Waals surface area contributed by atoms with Crippen LogP contribution >= 0.6 is 0 Å². The highest BCUT2D eigenvalue weighted by atomic mass is 16.6. The van der Waals surface area contributed by atoms with E-state index in [1.165, 1.54) is 6.92 Å². The molecule has 0 bridgehead atoms. The first-order valence-corrected chi connectivity index (χ1v) is 11.2. The van der Waals surface area contributed by atoms with Gasteiger partial charge in [-0.05, 0) is 25.5 Å². The number of hydrogen-bond acceptors (Lipinski definition) is 8. The highest BCUT2D eigenvalue weighted by Crippen LogP contribution is 2.54. The van der Waals surface area contributed by atoms with Gasteiger partial charge in [0.1, 0.15) is 29.3 Å². The molecule has 0 amide bonds. The first kappa shape index (κ1) is 23.8. The van der Waals surface area contributed by atoms with Crippen LogP contribution in [0.2, 0.25) is 0 Å². The number of rotatable bonds is 7. The predicted octanol–water partition coefficient (Wildman–Crippen LogP) is 3.24. The van der Waals surface area contributed by atoms with Gasteiger partial charge in [0.2, 0.25) is 0 Å². The molecule has 0 fully saturated rings. The maximum Gasteiger partial charge on any atom is 0.339 e. The third kappa shape index (κ3) is 3.77. The number of para-hydroxylation sites is 1. The van der Waals surface area contributed by atoms with Crippen molar-refractivity contribution in [1.29, 1.82) is 0 Å². The van der Waals surface area contributed by atoms with Gasteiger partial charge in [-0.15, -0.1) is 6.58 Å². The maximum atomic E-state index is 13.6. The Morgan fingerprint density at radius 1 is 1.06 bits per heavy atom. The number of nitrogens with two attached hydrogens (primary N) is 1. The Bertz CT molecular complexity index is 1260. The number of cyclic esters (lactones) is 1. The molecule has 2 N–H and O–H groups in total. The first-order valence-electron chi connectivity index (χ1n) is 11.2. The summed E-state index contributed by atoms with van der Waals surface area (Å²) in [6.07, 6.45) is 1.62. The average Bonchev–Trinajstić information content (AvgIpc) is 3.11. The molecule has 2 heterocycles. The largest absolute Gasteiger partial charge is 0.462 e. The van der Waals surface area contributed by atoms with Gasteiger partial charge in [-0.2, -0.15) is 0 Å². The number of allylic oxidation sites excluding steroid dienone is 1. The van der Waals surface area contributed by atoms with Crippen molar-refractivity contribution < 1.29 is 28.6 Å². The lowest BCUT2D eigenvalue weighted by molar-refractivity contribution is -0.147. The van der Waals surface area contributed by atoms with Gasteiger partial charge in [-0.25, -0.2) is 14.4 Å². The molecule has 8 nitrogen and oxygen atoms in total. The second-order valence-electron chi connectivity index (χ2n) is 8.03. The summed E-state index contributed by atoms with van der Waals surface area (Å²) >= 11 is 0. The van der Waals surface area contributed by atoms with Gasteiger partial charge < -0.3 is 24.8 Å². The quantitative estimate of drug-likeness (QED) is 0.370. The van der Waals surface area contributed by atoms with E-state index in [1.807, 2.05) is 30.3 Å².